The standard InChI is InChI=1S/C30H26O10/c1-19(31)30(39-20(2)32)26(38-29(35)23-16-10-5-11-17-23)25(37-28(34)22-14-8-4-9-15-22)24(40-30)18-36-27(33)21-12-6-3-7-13-21/h3-17,24-26H,18H2,1-2H3/t24-,25-,26-,30-/m1/s1. The van der Waals surface area contributed by atoms with E-state index in [1.54, 1.807) is 54.6 Å². The highest BCUT2D eigenvalue weighted by Gasteiger charge is 2.65. The average molecular weight is 547 g/mol. The number of hydrogen-bond donors (Lipinski definition) is 0. The van der Waals surface area contributed by atoms with Gasteiger partial charge >= 0.3 is 29.7 Å². The maximum Gasteiger partial charge on any atom is 0.338 e. The van der Waals surface area contributed by atoms with Gasteiger partial charge in [0, 0.05) is 13.8 Å². The van der Waals surface area contributed by atoms with Crippen molar-refractivity contribution in [3.05, 3.63) is 108 Å². The molecular formula is C30H26O10. The van der Waals surface area contributed by atoms with Crippen molar-refractivity contribution in [2.24, 2.45) is 0 Å². The zero-order chi connectivity index (χ0) is 28.7. The van der Waals surface area contributed by atoms with Gasteiger partial charge in [-0.15, -0.1) is 0 Å². The van der Waals surface area contributed by atoms with Crippen molar-refractivity contribution in [3.8, 4) is 0 Å². The van der Waals surface area contributed by atoms with Crippen LogP contribution in [0.3, 0.4) is 0 Å². The average Bonchev–Trinajstić information content (AvgIpc) is 3.25. The van der Waals surface area contributed by atoms with Crippen LogP contribution < -0.4 is 0 Å². The Morgan fingerprint density at radius 1 is 0.675 bits per heavy atom. The van der Waals surface area contributed by atoms with E-state index in [0.717, 1.165) is 13.8 Å². The molecular weight excluding hydrogens is 520 g/mol. The first-order valence-corrected chi connectivity index (χ1v) is 12.3. The van der Waals surface area contributed by atoms with E-state index in [0.29, 0.717) is 0 Å². The van der Waals surface area contributed by atoms with Gasteiger partial charge in [-0.1, -0.05) is 54.6 Å². The molecule has 0 bridgehead atoms. The number of rotatable bonds is 9. The Morgan fingerprint density at radius 3 is 1.57 bits per heavy atom. The lowest BCUT2D eigenvalue weighted by Gasteiger charge is -2.31. The van der Waals surface area contributed by atoms with Crippen LogP contribution in [-0.2, 0) is 33.3 Å². The summed E-state index contributed by atoms with van der Waals surface area (Å²) in [6.45, 7) is 1.58. The summed E-state index contributed by atoms with van der Waals surface area (Å²) in [5, 5.41) is 0. The molecule has 4 rings (SSSR count). The lowest BCUT2D eigenvalue weighted by molar-refractivity contribution is -0.239. The van der Waals surface area contributed by atoms with Gasteiger partial charge in [-0.2, -0.15) is 0 Å². The normalized spacial score (nSPS) is 21.6. The lowest BCUT2D eigenvalue weighted by Crippen LogP contribution is -2.54. The number of hydrogen-bond acceptors (Lipinski definition) is 10. The molecule has 0 N–H and O–H groups in total. The Labute approximate surface area is 229 Å². The number of ether oxygens (including phenoxy) is 5. The Hall–Kier alpha value is -4.83. The molecule has 1 fully saturated rings. The van der Waals surface area contributed by atoms with Crippen LogP contribution in [0.5, 0.6) is 0 Å². The van der Waals surface area contributed by atoms with Gasteiger partial charge in [0.2, 0.25) is 11.9 Å². The van der Waals surface area contributed by atoms with E-state index in [2.05, 4.69) is 0 Å². The van der Waals surface area contributed by atoms with Crippen molar-refractivity contribution in [3.63, 3.8) is 0 Å². The fraction of sp³-hybridized carbons (Fsp3) is 0.233. The summed E-state index contributed by atoms with van der Waals surface area (Å²) in [4.78, 5) is 64.0. The predicted molar refractivity (Wildman–Crippen MR) is 138 cm³/mol. The molecule has 3 aromatic carbocycles. The first kappa shape index (κ1) is 28.2. The maximum absolute atomic E-state index is 13.1. The fourth-order valence-electron chi connectivity index (χ4n) is 4.17. The second-order valence-corrected chi connectivity index (χ2v) is 8.87. The molecule has 1 saturated heterocycles. The molecule has 0 aliphatic carbocycles. The van der Waals surface area contributed by atoms with Crippen LogP contribution in [0.25, 0.3) is 0 Å². The zero-order valence-corrected chi connectivity index (χ0v) is 21.7. The number of ketones is 1. The van der Waals surface area contributed by atoms with Crippen LogP contribution in [0, 0.1) is 0 Å². The van der Waals surface area contributed by atoms with Gasteiger partial charge in [-0.3, -0.25) is 9.59 Å². The largest absolute Gasteiger partial charge is 0.459 e. The third kappa shape index (κ3) is 6.24. The minimum absolute atomic E-state index is 0.120. The second-order valence-electron chi connectivity index (χ2n) is 8.87. The molecule has 0 radical (unpaired) electrons. The van der Waals surface area contributed by atoms with E-state index in [1.807, 2.05) is 0 Å². The highest BCUT2D eigenvalue weighted by atomic mass is 16.8. The molecule has 3 aromatic rings. The zero-order valence-electron chi connectivity index (χ0n) is 21.7. The molecule has 0 amide bonds. The highest BCUT2D eigenvalue weighted by Crippen LogP contribution is 2.39. The molecule has 1 aliphatic rings. The molecule has 4 atom stereocenters. The molecule has 1 heterocycles. The quantitative estimate of drug-likeness (QED) is 0.290. The third-order valence-corrected chi connectivity index (χ3v) is 6.04. The van der Waals surface area contributed by atoms with Crippen LogP contribution in [0.15, 0.2) is 91.0 Å². The summed E-state index contributed by atoms with van der Waals surface area (Å²) in [5.41, 5.74) is 0.515. The summed E-state index contributed by atoms with van der Waals surface area (Å²) < 4.78 is 28.0. The van der Waals surface area contributed by atoms with Crippen molar-refractivity contribution >= 4 is 29.7 Å². The Bertz CT molecular complexity index is 1370. The van der Waals surface area contributed by atoms with Crippen LogP contribution in [0.4, 0.5) is 0 Å². The van der Waals surface area contributed by atoms with Crippen molar-refractivity contribution in [1.29, 1.82) is 0 Å². The number of benzene rings is 3. The molecule has 1 aliphatic heterocycles. The Morgan fingerprint density at radius 2 is 1.12 bits per heavy atom. The first-order valence-electron chi connectivity index (χ1n) is 12.3. The number of esters is 4. The van der Waals surface area contributed by atoms with Gasteiger partial charge in [0.1, 0.15) is 12.7 Å². The van der Waals surface area contributed by atoms with E-state index >= 15 is 0 Å². The molecule has 0 unspecified atom stereocenters. The topological polar surface area (TPSA) is 132 Å². The van der Waals surface area contributed by atoms with Crippen LogP contribution in [0.2, 0.25) is 0 Å². The molecule has 10 heteroatoms. The van der Waals surface area contributed by atoms with Gasteiger partial charge < -0.3 is 23.7 Å². The summed E-state index contributed by atoms with van der Waals surface area (Å²) >= 11 is 0. The lowest BCUT2D eigenvalue weighted by atomic mass is 10.0. The SMILES string of the molecule is CC(=O)O[C@]1(C(C)=O)O[C@H](COC(=O)c2ccccc2)[C@@H](OC(=O)c2ccccc2)[C@H]1OC(=O)c1ccccc1. The summed E-state index contributed by atoms with van der Waals surface area (Å²) in [6.07, 6.45) is -4.63. The Balaban J connectivity index is 1.71. The molecule has 0 aromatic heterocycles. The minimum atomic E-state index is -2.48. The fourth-order valence-corrected chi connectivity index (χ4v) is 4.17. The monoisotopic (exact) mass is 546 g/mol. The van der Waals surface area contributed by atoms with E-state index in [1.165, 1.54) is 36.4 Å². The predicted octanol–water partition coefficient (Wildman–Crippen LogP) is 3.54. The van der Waals surface area contributed by atoms with Crippen LogP contribution >= 0.6 is 0 Å². The van der Waals surface area contributed by atoms with Crippen molar-refractivity contribution < 1.29 is 47.7 Å². The number of carbonyl (C=O) groups is 5. The molecule has 40 heavy (non-hydrogen) atoms. The van der Waals surface area contributed by atoms with Crippen LogP contribution in [0.1, 0.15) is 44.9 Å². The van der Waals surface area contributed by atoms with Crippen molar-refractivity contribution in [2.45, 2.75) is 37.9 Å². The summed E-state index contributed by atoms with van der Waals surface area (Å²) in [6, 6.07) is 23.9. The van der Waals surface area contributed by atoms with E-state index in [9.17, 15) is 24.0 Å². The van der Waals surface area contributed by atoms with E-state index in [-0.39, 0.29) is 16.7 Å². The van der Waals surface area contributed by atoms with Gasteiger partial charge in [-0.25, -0.2) is 14.4 Å². The minimum Gasteiger partial charge on any atom is -0.459 e. The third-order valence-electron chi connectivity index (χ3n) is 6.04. The van der Waals surface area contributed by atoms with Crippen LogP contribution in [-0.4, -0.2) is 60.4 Å². The highest BCUT2D eigenvalue weighted by molar-refractivity contribution is 5.92. The smallest absolute Gasteiger partial charge is 0.338 e. The van der Waals surface area contributed by atoms with Crippen molar-refractivity contribution in [1.82, 2.24) is 0 Å². The van der Waals surface area contributed by atoms with Gasteiger partial charge in [0.05, 0.1) is 16.7 Å². The maximum atomic E-state index is 13.1. The summed E-state index contributed by atoms with van der Waals surface area (Å²) in [7, 11) is 0. The van der Waals surface area contributed by atoms with E-state index in [4.69, 9.17) is 23.7 Å². The second kappa shape index (κ2) is 12.4. The molecule has 206 valence electrons. The number of carbonyl (C=O) groups excluding carboxylic acids is 5. The van der Waals surface area contributed by atoms with Gasteiger partial charge in [-0.05, 0) is 36.4 Å². The molecule has 0 saturated carbocycles. The van der Waals surface area contributed by atoms with Gasteiger partial charge in [0.25, 0.3) is 0 Å². The molecule has 10 nitrogen and oxygen atoms in total. The van der Waals surface area contributed by atoms with Gasteiger partial charge in [0.15, 0.2) is 6.10 Å². The molecule has 0 spiro atoms. The summed E-state index contributed by atoms with van der Waals surface area (Å²) in [5.74, 6) is -6.70. The van der Waals surface area contributed by atoms with E-state index < -0.39 is 60.4 Å². The number of Topliss-reactive ketones (excluding diaryl/α,β-unsaturated/α-hetero) is 1. The Kier molecular flexibility index (Phi) is 8.70. The first-order chi connectivity index (χ1) is 19.2. The van der Waals surface area contributed by atoms with Crippen molar-refractivity contribution in [2.75, 3.05) is 6.61 Å².